The topological polar surface area (TPSA) is 85.6 Å². The van der Waals surface area contributed by atoms with Crippen LogP contribution in [-0.4, -0.2) is 21.5 Å². The molecular formula is C22H18ClNO5S. The molecule has 1 aromatic heterocycles. The number of anilines is 1. The van der Waals surface area contributed by atoms with E-state index in [1.165, 1.54) is 19.2 Å². The molecule has 8 heteroatoms. The molecule has 1 heterocycles. The van der Waals surface area contributed by atoms with E-state index in [2.05, 4.69) is 4.72 Å². The zero-order valence-electron chi connectivity index (χ0n) is 16.4. The second-order valence-electron chi connectivity index (χ2n) is 6.89. The van der Waals surface area contributed by atoms with Crippen molar-refractivity contribution in [2.45, 2.75) is 18.7 Å². The molecule has 30 heavy (non-hydrogen) atoms. The Bertz CT molecular complexity index is 1420. The fraction of sp³-hybridized carbons (Fsp3) is 0.136. The van der Waals surface area contributed by atoms with Gasteiger partial charge in [0.15, 0.2) is 0 Å². The smallest absolute Gasteiger partial charge is 0.342 e. The van der Waals surface area contributed by atoms with Crippen molar-refractivity contribution in [1.82, 2.24) is 0 Å². The standard InChI is InChI=1S/C22H18ClNO5S/c1-12-10-14(8-9-18(12)23)30(26,27)24-19-11-17-20(22(25)28-3)13(2)29-21(17)16-7-5-4-6-15(16)19/h4-11,24H,1-3H3. The number of sulfonamides is 1. The zero-order valence-corrected chi connectivity index (χ0v) is 18.0. The molecular weight excluding hydrogens is 426 g/mol. The molecule has 4 rings (SSSR count). The van der Waals surface area contributed by atoms with Gasteiger partial charge in [0.1, 0.15) is 16.9 Å². The molecule has 0 aliphatic heterocycles. The molecule has 0 unspecified atom stereocenters. The normalized spacial score (nSPS) is 11.7. The van der Waals surface area contributed by atoms with Crippen LogP contribution in [0.5, 0.6) is 0 Å². The maximum absolute atomic E-state index is 13.1. The Labute approximate surface area is 178 Å². The number of hydrogen-bond donors (Lipinski definition) is 1. The van der Waals surface area contributed by atoms with Crippen LogP contribution < -0.4 is 4.72 Å². The highest BCUT2D eigenvalue weighted by Gasteiger charge is 2.23. The molecule has 0 aliphatic carbocycles. The Morgan fingerprint density at radius 3 is 2.40 bits per heavy atom. The third-order valence-corrected chi connectivity index (χ3v) is 6.73. The average Bonchev–Trinajstić information content (AvgIpc) is 3.05. The van der Waals surface area contributed by atoms with Gasteiger partial charge in [-0.3, -0.25) is 4.72 Å². The summed E-state index contributed by atoms with van der Waals surface area (Å²) in [6, 6.07) is 13.3. The quantitative estimate of drug-likeness (QED) is 0.424. The van der Waals surface area contributed by atoms with Crippen molar-refractivity contribution in [3.8, 4) is 0 Å². The minimum absolute atomic E-state index is 0.0881. The van der Waals surface area contributed by atoms with Gasteiger partial charge in [-0.05, 0) is 43.7 Å². The van der Waals surface area contributed by atoms with Crippen LogP contribution in [0.2, 0.25) is 5.02 Å². The van der Waals surface area contributed by atoms with E-state index in [-0.39, 0.29) is 10.5 Å². The van der Waals surface area contributed by atoms with Gasteiger partial charge in [-0.2, -0.15) is 0 Å². The molecule has 6 nitrogen and oxygen atoms in total. The van der Waals surface area contributed by atoms with Gasteiger partial charge in [0, 0.05) is 21.2 Å². The summed E-state index contributed by atoms with van der Waals surface area (Å²) in [5.41, 5.74) is 1.74. The number of carbonyl (C=O) groups is 1. The maximum Gasteiger partial charge on any atom is 0.342 e. The van der Waals surface area contributed by atoms with Crippen LogP contribution in [0, 0.1) is 13.8 Å². The summed E-state index contributed by atoms with van der Waals surface area (Å²) in [6.07, 6.45) is 0. The van der Waals surface area contributed by atoms with Gasteiger partial charge in [-0.25, -0.2) is 13.2 Å². The van der Waals surface area contributed by atoms with Gasteiger partial charge in [-0.1, -0.05) is 35.9 Å². The minimum atomic E-state index is -3.90. The van der Waals surface area contributed by atoms with Crippen LogP contribution >= 0.6 is 11.6 Å². The Morgan fingerprint density at radius 2 is 1.73 bits per heavy atom. The Hall–Kier alpha value is -3.03. The number of methoxy groups -OCH3 is 1. The molecule has 0 fully saturated rings. The van der Waals surface area contributed by atoms with Gasteiger partial charge in [0.25, 0.3) is 10.0 Å². The number of hydrogen-bond acceptors (Lipinski definition) is 5. The number of ether oxygens (including phenoxy) is 1. The highest BCUT2D eigenvalue weighted by Crippen LogP contribution is 2.37. The van der Waals surface area contributed by atoms with Crippen LogP contribution in [0.25, 0.3) is 21.7 Å². The molecule has 0 amide bonds. The molecule has 0 aliphatic rings. The fourth-order valence-electron chi connectivity index (χ4n) is 3.47. The molecule has 0 saturated heterocycles. The first-order valence-electron chi connectivity index (χ1n) is 9.05. The third kappa shape index (κ3) is 3.30. The van der Waals surface area contributed by atoms with Crippen molar-refractivity contribution in [1.29, 1.82) is 0 Å². The molecule has 3 aromatic carbocycles. The van der Waals surface area contributed by atoms with E-state index in [1.54, 1.807) is 38.1 Å². The Balaban J connectivity index is 1.95. The van der Waals surface area contributed by atoms with E-state index >= 15 is 0 Å². The van der Waals surface area contributed by atoms with Gasteiger partial charge >= 0.3 is 5.97 Å². The number of aryl methyl sites for hydroxylation is 2. The van der Waals surface area contributed by atoms with E-state index in [0.717, 1.165) is 0 Å². The highest BCUT2D eigenvalue weighted by molar-refractivity contribution is 7.92. The molecule has 154 valence electrons. The number of furan rings is 1. The average molecular weight is 444 g/mol. The SMILES string of the molecule is COC(=O)c1c(C)oc2c1cc(NS(=O)(=O)c1ccc(Cl)c(C)c1)c1ccccc12. The number of carbonyl (C=O) groups excluding carboxylic acids is 1. The van der Waals surface area contributed by atoms with Crippen molar-refractivity contribution in [2.24, 2.45) is 0 Å². The zero-order chi connectivity index (χ0) is 21.6. The largest absolute Gasteiger partial charge is 0.465 e. The number of nitrogens with one attached hydrogen (secondary N) is 1. The molecule has 4 aromatic rings. The minimum Gasteiger partial charge on any atom is -0.465 e. The van der Waals surface area contributed by atoms with Crippen molar-refractivity contribution in [2.75, 3.05) is 11.8 Å². The second kappa shape index (κ2) is 7.34. The molecule has 0 spiro atoms. The summed E-state index contributed by atoms with van der Waals surface area (Å²) >= 11 is 6.03. The highest BCUT2D eigenvalue weighted by atomic mass is 35.5. The van der Waals surface area contributed by atoms with E-state index in [0.29, 0.717) is 43.8 Å². The van der Waals surface area contributed by atoms with Crippen molar-refractivity contribution >= 4 is 55.0 Å². The van der Waals surface area contributed by atoms with Crippen LogP contribution in [-0.2, 0) is 14.8 Å². The van der Waals surface area contributed by atoms with Crippen molar-refractivity contribution in [3.63, 3.8) is 0 Å². The third-order valence-electron chi connectivity index (χ3n) is 4.95. The summed E-state index contributed by atoms with van der Waals surface area (Å²) in [7, 11) is -2.61. The predicted molar refractivity (Wildman–Crippen MR) is 117 cm³/mol. The van der Waals surface area contributed by atoms with Crippen molar-refractivity contribution < 1.29 is 22.4 Å². The number of benzene rings is 3. The molecule has 1 N–H and O–H groups in total. The van der Waals surface area contributed by atoms with Gasteiger partial charge in [0.05, 0.1) is 17.7 Å². The first-order valence-corrected chi connectivity index (χ1v) is 10.9. The van der Waals surface area contributed by atoms with E-state index < -0.39 is 16.0 Å². The first kappa shape index (κ1) is 20.3. The fourth-order valence-corrected chi connectivity index (χ4v) is 4.74. The number of halogens is 1. The predicted octanol–water partition coefficient (Wildman–Crippen LogP) is 5.44. The van der Waals surface area contributed by atoms with Crippen LogP contribution in [0.3, 0.4) is 0 Å². The van der Waals surface area contributed by atoms with Gasteiger partial charge in [-0.15, -0.1) is 0 Å². The lowest BCUT2D eigenvalue weighted by molar-refractivity contribution is 0.0600. The van der Waals surface area contributed by atoms with Crippen LogP contribution in [0.15, 0.2) is 57.8 Å². The lowest BCUT2D eigenvalue weighted by Gasteiger charge is -2.12. The monoisotopic (exact) mass is 443 g/mol. The van der Waals surface area contributed by atoms with E-state index in [9.17, 15) is 13.2 Å². The molecule has 0 saturated carbocycles. The lowest BCUT2D eigenvalue weighted by Crippen LogP contribution is -2.13. The van der Waals surface area contributed by atoms with E-state index in [1.807, 2.05) is 12.1 Å². The summed E-state index contributed by atoms with van der Waals surface area (Å²) in [5.74, 6) is -0.154. The van der Waals surface area contributed by atoms with Crippen molar-refractivity contribution in [3.05, 3.63) is 70.4 Å². The summed E-state index contributed by atoms with van der Waals surface area (Å²) in [6.45, 7) is 3.40. The van der Waals surface area contributed by atoms with Gasteiger partial charge < -0.3 is 9.15 Å². The molecule has 0 bridgehead atoms. The molecule has 0 radical (unpaired) electrons. The molecule has 0 atom stereocenters. The summed E-state index contributed by atoms with van der Waals surface area (Å²) in [4.78, 5) is 12.4. The number of rotatable bonds is 4. The number of esters is 1. The Kier molecular flexibility index (Phi) is 4.95. The second-order valence-corrected chi connectivity index (χ2v) is 8.98. The van der Waals surface area contributed by atoms with Crippen LogP contribution in [0.1, 0.15) is 21.7 Å². The van der Waals surface area contributed by atoms with E-state index in [4.69, 9.17) is 20.8 Å². The lowest BCUT2D eigenvalue weighted by atomic mass is 10.0. The number of fused-ring (bicyclic) bond motifs is 3. The van der Waals surface area contributed by atoms with Gasteiger partial charge in [0.2, 0.25) is 0 Å². The van der Waals surface area contributed by atoms with Crippen LogP contribution in [0.4, 0.5) is 5.69 Å². The Morgan fingerprint density at radius 1 is 1.03 bits per heavy atom. The summed E-state index contributed by atoms with van der Waals surface area (Å²) in [5, 5.41) is 2.28. The first-order chi connectivity index (χ1) is 14.2. The summed E-state index contributed by atoms with van der Waals surface area (Å²) < 4.78 is 39.5. The maximum atomic E-state index is 13.1.